The average Bonchev–Trinajstić information content (AvgIpc) is 3.90. The molecule has 3 aromatic rings. The minimum absolute atomic E-state index is 0.00792. The average molecular weight is 723 g/mol. The number of hydrogen-bond acceptors (Lipinski definition) is 4. The molecule has 2 fully saturated rings. The van der Waals surface area contributed by atoms with E-state index in [-0.39, 0.29) is 35.5 Å². The number of likely N-dealkylation sites (tertiary alicyclic amines) is 2. The number of nitrogens with zero attached hydrogens (tertiary/aromatic N) is 5. The molecule has 0 aliphatic carbocycles. The molecule has 2 aliphatic heterocycles. The second kappa shape index (κ2) is 19.0. The Morgan fingerprint density at radius 2 is 1.02 bits per heavy atom. The summed E-state index contributed by atoms with van der Waals surface area (Å²) < 4.78 is 1.71. The third-order valence-corrected chi connectivity index (χ3v) is 10.8. The zero-order chi connectivity index (χ0) is 37.9. The molecule has 53 heavy (non-hydrogen) atoms. The first-order chi connectivity index (χ1) is 25.6. The van der Waals surface area contributed by atoms with E-state index in [2.05, 4.69) is 24.3 Å². The SMILES string of the molecule is CC(C)C(C(=O)N1CCCC1)N(CCCc1ccccc1)C(=O)c1ccc(C(=O)N(CCCc2ccccc2)C(C(=O)N2CCCC2)C(C)C)[n+](C)c1. The van der Waals surface area contributed by atoms with Crippen molar-refractivity contribution in [1.82, 2.24) is 19.6 Å². The second-order valence-corrected chi connectivity index (χ2v) is 15.5. The summed E-state index contributed by atoms with van der Waals surface area (Å²) in [6, 6.07) is 22.7. The predicted molar refractivity (Wildman–Crippen MR) is 208 cm³/mol. The first-order valence-corrected chi connectivity index (χ1v) is 19.8. The van der Waals surface area contributed by atoms with Gasteiger partial charge in [-0.3, -0.25) is 19.2 Å². The van der Waals surface area contributed by atoms with Crippen LogP contribution in [0.25, 0.3) is 0 Å². The normalized spacial score (nSPS) is 15.5. The van der Waals surface area contributed by atoms with Crippen LogP contribution in [0.1, 0.15) is 98.2 Å². The van der Waals surface area contributed by atoms with Gasteiger partial charge >= 0.3 is 5.91 Å². The van der Waals surface area contributed by atoms with Crippen LogP contribution in [0.3, 0.4) is 0 Å². The quantitative estimate of drug-likeness (QED) is 0.171. The molecule has 284 valence electrons. The maximum absolute atomic E-state index is 14.6. The first-order valence-electron chi connectivity index (χ1n) is 19.8. The fourth-order valence-corrected chi connectivity index (χ4v) is 8.01. The highest BCUT2D eigenvalue weighted by molar-refractivity contribution is 5.99. The smallest absolute Gasteiger partial charge is 0.319 e. The Hall–Kier alpha value is -4.53. The lowest BCUT2D eigenvalue weighted by Gasteiger charge is -2.36. The first kappa shape index (κ1) is 39.7. The van der Waals surface area contributed by atoms with Crippen LogP contribution in [0.15, 0.2) is 79.0 Å². The monoisotopic (exact) mass is 722 g/mol. The van der Waals surface area contributed by atoms with Gasteiger partial charge in [-0.15, -0.1) is 0 Å². The number of carbonyl (C=O) groups excluding carboxylic acids is 4. The van der Waals surface area contributed by atoms with Crippen LogP contribution >= 0.6 is 0 Å². The van der Waals surface area contributed by atoms with Crippen molar-refractivity contribution in [2.75, 3.05) is 39.3 Å². The number of aryl methyl sites for hydroxylation is 3. The summed E-state index contributed by atoms with van der Waals surface area (Å²) in [5, 5.41) is 0. The lowest BCUT2D eigenvalue weighted by atomic mass is 9.98. The van der Waals surface area contributed by atoms with E-state index in [1.807, 2.05) is 73.9 Å². The predicted octanol–water partition coefficient (Wildman–Crippen LogP) is 5.96. The summed E-state index contributed by atoms with van der Waals surface area (Å²) in [4.78, 5) is 64.4. The minimum atomic E-state index is -0.596. The van der Waals surface area contributed by atoms with Crippen molar-refractivity contribution in [3.05, 3.63) is 101 Å². The molecule has 2 aromatic carbocycles. The standard InChI is InChI=1S/C44H60N5O4/c1-33(2)39(43(52)46-26-12-13-27-46)48(30-16-22-35-18-8-6-9-19-35)41(50)37-24-25-38(45(5)32-37)42(51)49(31-17-23-36-20-10-7-11-21-36)40(34(3)4)44(53)47-28-14-15-29-47/h6-11,18-21,24-25,32-34,39-40H,12-17,22-23,26-31H2,1-5H3/q+1. The molecule has 0 bridgehead atoms. The Balaban J connectivity index is 1.42. The Morgan fingerprint density at radius 3 is 1.42 bits per heavy atom. The number of amides is 4. The Kier molecular flexibility index (Phi) is 14.2. The zero-order valence-corrected chi connectivity index (χ0v) is 32.6. The van der Waals surface area contributed by atoms with Crippen LogP contribution in [0.5, 0.6) is 0 Å². The molecule has 2 atom stereocenters. The third-order valence-electron chi connectivity index (χ3n) is 10.8. The molecule has 0 spiro atoms. The van der Waals surface area contributed by atoms with Crippen LogP contribution in [0.4, 0.5) is 0 Å². The van der Waals surface area contributed by atoms with Crippen molar-refractivity contribution in [2.24, 2.45) is 18.9 Å². The zero-order valence-electron chi connectivity index (χ0n) is 32.6. The Bertz CT molecular complexity index is 1670. The van der Waals surface area contributed by atoms with Gasteiger partial charge in [0.2, 0.25) is 11.8 Å². The van der Waals surface area contributed by atoms with E-state index in [1.165, 1.54) is 11.1 Å². The topological polar surface area (TPSA) is 85.1 Å². The van der Waals surface area contributed by atoms with Crippen LogP contribution in [-0.2, 0) is 29.5 Å². The van der Waals surface area contributed by atoms with Crippen molar-refractivity contribution in [3.63, 3.8) is 0 Å². The van der Waals surface area contributed by atoms with Crippen molar-refractivity contribution in [1.29, 1.82) is 0 Å². The van der Waals surface area contributed by atoms with Gasteiger partial charge in [-0.2, -0.15) is 4.57 Å². The van der Waals surface area contributed by atoms with Gasteiger partial charge < -0.3 is 19.6 Å². The molecule has 9 nitrogen and oxygen atoms in total. The highest BCUT2D eigenvalue weighted by Gasteiger charge is 2.40. The highest BCUT2D eigenvalue weighted by atomic mass is 16.2. The van der Waals surface area contributed by atoms with E-state index in [0.29, 0.717) is 37.2 Å². The van der Waals surface area contributed by atoms with Crippen molar-refractivity contribution >= 4 is 23.6 Å². The molecule has 2 aliphatic rings. The van der Waals surface area contributed by atoms with E-state index in [1.54, 1.807) is 39.7 Å². The summed E-state index contributed by atoms with van der Waals surface area (Å²) in [5.41, 5.74) is 3.21. The molecule has 0 saturated carbocycles. The third kappa shape index (κ3) is 10.1. The van der Waals surface area contributed by atoms with Crippen LogP contribution in [-0.4, -0.2) is 94.6 Å². The van der Waals surface area contributed by atoms with Crippen LogP contribution in [0, 0.1) is 11.8 Å². The fraction of sp³-hybridized carbons (Fsp3) is 0.523. The van der Waals surface area contributed by atoms with Gasteiger partial charge in [-0.1, -0.05) is 88.4 Å². The minimum Gasteiger partial charge on any atom is -0.341 e. The molecule has 9 heteroatoms. The summed E-state index contributed by atoms with van der Waals surface area (Å²) in [7, 11) is 1.79. The number of pyridine rings is 1. The lowest BCUT2D eigenvalue weighted by molar-refractivity contribution is -0.673. The van der Waals surface area contributed by atoms with E-state index in [0.717, 1.165) is 64.7 Å². The fourth-order valence-electron chi connectivity index (χ4n) is 8.01. The van der Waals surface area contributed by atoms with Gasteiger partial charge in [-0.25, -0.2) is 0 Å². The number of aromatic nitrogens is 1. The lowest BCUT2D eigenvalue weighted by Crippen LogP contribution is -2.55. The summed E-state index contributed by atoms with van der Waals surface area (Å²) in [6.45, 7) is 11.8. The molecule has 0 N–H and O–H groups in total. The molecule has 2 unspecified atom stereocenters. The van der Waals surface area contributed by atoms with E-state index in [9.17, 15) is 19.2 Å². The molecule has 3 heterocycles. The molecule has 1 aromatic heterocycles. The van der Waals surface area contributed by atoms with Crippen LogP contribution in [0.2, 0.25) is 0 Å². The number of hydrogen-bond donors (Lipinski definition) is 0. The van der Waals surface area contributed by atoms with Gasteiger partial charge in [0, 0.05) is 45.3 Å². The van der Waals surface area contributed by atoms with Gasteiger partial charge in [0.1, 0.15) is 24.7 Å². The van der Waals surface area contributed by atoms with Gasteiger partial charge in [0.15, 0.2) is 6.20 Å². The van der Waals surface area contributed by atoms with Crippen molar-refractivity contribution < 1.29 is 23.7 Å². The Labute approximate surface area is 317 Å². The molecule has 0 radical (unpaired) electrons. The molecular formula is C44H60N5O4+. The number of rotatable bonds is 16. The molecule has 2 saturated heterocycles. The van der Waals surface area contributed by atoms with E-state index < -0.39 is 12.1 Å². The molecule has 5 rings (SSSR count). The largest absolute Gasteiger partial charge is 0.341 e. The maximum Gasteiger partial charge on any atom is 0.319 e. The Morgan fingerprint density at radius 1 is 0.604 bits per heavy atom. The maximum atomic E-state index is 14.6. The summed E-state index contributed by atoms with van der Waals surface area (Å²) in [5.74, 6) is -0.592. The van der Waals surface area contributed by atoms with Crippen molar-refractivity contribution in [3.8, 4) is 0 Å². The van der Waals surface area contributed by atoms with Crippen LogP contribution < -0.4 is 4.57 Å². The molecular weight excluding hydrogens is 663 g/mol. The van der Waals surface area contributed by atoms with Gasteiger partial charge in [-0.05, 0) is 80.4 Å². The second-order valence-electron chi connectivity index (χ2n) is 15.5. The van der Waals surface area contributed by atoms with E-state index >= 15 is 0 Å². The molecule has 4 amide bonds. The van der Waals surface area contributed by atoms with Gasteiger partial charge in [0.25, 0.3) is 11.6 Å². The van der Waals surface area contributed by atoms with Gasteiger partial charge in [0.05, 0.1) is 0 Å². The number of benzene rings is 2. The van der Waals surface area contributed by atoms with Crippen molar-refractivity contribution in [2.45, 2.75) is 91.1 Å². The number of carbonyl (C=O) groups is 4. The summed E-state index contributed by atoms with van der Waals surface area (Å²) in [6.07, 6.45) is 8.65. The summed E-state index contributed by atoms with van der Waals surface area (Å²) >= 11 is 0. The highest BCUT2D eigenvalue weighted by Crippen LogP contribution is 2.23. The van der Waals surface area contributed by atoms with E-state index in [4.69, 9.17) is 0 Å².